The quantitative estimate of drug-likeness (QED) is 0.553. The van der Waals surface area contributed by atoms with Gasteiger partial charge >= 0.3 is 5.95 Å². The lowest BCUT2D eigenvalue weighted by molar-refractivity contribution is 0.300. The zero-order valence-corrected chi connectivity index (χ0v) is 5.30. The Hall–Kier alpha value is -1.12. The molecule has 3 nitrogen and oxygen atoms in total. The maximum Gasteiger partial charge on any atom is 0.326 e. The monoisotopic (exact) mass is 128 g/mol. The average Bonchev–Trinajstić information content (AvgIpc) is 1.98. The summed E-state index contributed by atoms with van der Waals surface area (Å²) in [4.78, 5) is 0. The standard InChI is InChI=1S/C6H8O3/c1-3-4(2)9-6(8)5(3)7/h7-8H,1-2H3. The van der Waals surface area contributed by atoms with Crippen LogP contribution >= 0.6 is 0 Å². The Morgan fingerprint density at radius 1 is 1.22 bits per heavy atom. The Morgan fingerprint density at radius 3 is 1.89 bits per heavy atom. The van der Waals surface area contributed by atoms with E-state index in [0.29, 0.717) is 11.3 Å². The molecular weight excluding hydrogens is 120 g/mol. The van der Waals surface area contributed by atoms with E-state index in [0.717, 1.165) is 0 Å². The Morgan fingerprint density at radius 2 is 1.78 bits per heavy atom. The van der Waals surface area contributed by atoms with E-state index in [1.54, 1.807) is 13.8 Å². The molecule has 0 saturated heterocycles. The van der Waals surface area contributed by atoms with Crippen molar-refractivity contribution in [3.05, 3.63) is 11.3 Å². The van der Waals surface area contributed by atoms with Crippen molar-refractivity contribution in [1.82, 2.24) is 0 Å². The summed E-state index contributed by atoms with van der Waals surface area (Å²) in [6.07, 6.45) is 0. The molecule has 0 amide bonds. The summed E-state index contributed by atoms with van der Waals surface area (Å²) in [5.41, 5.74) is 0.590. The van der Waals surface area contributed by atoms with Gasteiger partial charge in [-0.3, -0.25) is 0 Å². The lowest BCUT2D eigenvalue weighted by atomic mass is 10.3. The lowest BCUT2D eigenvalue weighted by Gasteiger charge is -1.83. The second kappa shape index (κ2) is 1.69. The van der Waals surface area contributed by atoms with Crippen LogP contribution in [0.15, 0.2) is 4.42 Å². The van der Waals surface area contributed by atoms with Crippen LogP contribution in [0, 0.1) is 13.8 Å². The molecule has 1 aromatic rings. The van der Waals surface area contributed by atoms with Crippen LogP contribution in [0.1, 0.15) is 11.3 Å². The number of aryl methyl sites for hydroxylation is 1. The van der Waals surface area contributed by atoms with Crippen LogP contribution in [0.25, 0.3) is 0 Å². The van der Waals surface area contributed by atoms with Gasteiger partial charge < -0.3 is 14.6 Å². The third-order valence-electron chi connectivity index (χ3n) is 1.34. The van der Waals surface area contributed by atoms with E-state index in [1.165, 1.54) is 0 Å². The highest BCUT2D eigenvalue weighted by molar-refractivity contribution is 5.39. The highest BCUT2D eigenvalue weighted by Gasteiger charge is 2.10. The van der Waals surface area contributed by atoms with E-state index >= 15 is 0 Å². The number of furan rings is 1. The van der Waals surface area contributed by atoms with Crippen molar-refractivity contribution in [1.29, 1.82) is 0 Å². The van der Waals surface area contributed by atoms with Crippen molar-refractivity contribution in [2.75, 3.05) is 0 Å². The van der Waals surface area contributed by atoms with Gasteiger partial charge in [-0.1, -0.05) is 0 Å². The minimum atomic E-state index is -0.398. The van der Waals surface area contributed by atoms with Gasteiger partial charge in [0.1, 0.15) is 5.76 Å². The number of aromatic hydroxyl groups is 2. The Bertz CT molecular complexity index is 202. The summed E-state index contributed by atoms with van der Waals surface area (Å²) in [5, 5.41) is 17.6. The molecule has 0 bridgehead atoms. The van der Waals surface area contributed by atoms with Crippen LogP contribution in [-0.2, 0) is 0 Å². The fraction of sp³-hybridized carbons (Fsp3) is 0.333. The number of hydrogen-bond donors (Lipinski definition) is 2. The second-order valence-corrected chi connectivity index (χ2v) is 1.94. The molecule has 1 rings (SSSR count). The van der Waals surface area contributed by atoms with Crippen molar-refractivity contribution in [2.24, 2.45) is 0 Å². The van der Waals surface area contributed by atoms with Gasteiger partial charge in [0.15, 0.2) is 0 Å². The zero-order valence-electron chi connectivity index (χ0n) is 5.30. The first-order valence-electron chi connectivity index (χ1n) is 2.61. The molecule has 0 saturated carbocycles. The average molecular weight is 128 g/mol. The van der Waals surface area contributed by atoms with Crippen LogP contribution in [0.3, 0.4) is 0 Å². The van der Waals surface area contributed by atoms with Crippen LogP contribution < -0.4 is 0 Å². The predicted octanol–water partition coefficient (Wildman–Crippen LogP) is 1.31. The van der Waals surface area contributed by atoms with Gasteiger partial charge in [0.25, 0.3) is 0 Å². The molecule has 0 aromatic carbocycles. The molecule has 1 heterocycles. The van der Waals surface area contributed by atoms with Crippen molar-refractivity contribution >= 4 is 0 Å². The second-order valence-electron chi connectivity index (χ2n) is 1.94. The van der Waals surface area contributed by atoms with E-state index in [-0.39, 0.29) is 5.75 Å². The maximum atomic E-state index is 8.88. The highest BCUT2D eigenvalue weighted by Crippen LogP contribution is 2.32. The smallest absolute Gasteiger partial charge is 0.326 e. The maximum absolute atomic E-state index is 8.88. The molecule has 0 aliphatic rings. The van der Waals surface area contributed by atoms with E-state index in [4.69, 9.17) is 10.2 Å². The molecule has 1 aromatic heterocycles. The summed E-state index contributed by atoms with van der Waals surface area (Å²) in [6, 6.07) is 0. The van der Waals surface area contributed by atoms with Gasteiger partial charge in [-0.15, -0.1) is 0 Å². The normalized spacial score (nSPS) is 10.0. The molecule has 0 aliphatic heterocycles. The van der Waals surface area contributed by atoms with Crippen LogP contribution in [0.5, 0.6) is 11.7 Å². The summed E-state index contributed by atoms with van der Waals surface area (Å²) in [6.45, 7) is 3.35. The van der Waals surface area contributed by atoms with E-state index in [9.17, 15) is 0 Å². The molecule has 9 heavy (non-hydrogen) atoms. The fourth-order valence-electron chi connectivity index (χ4n) is 0.597. The molecule has 0 atom stereocenters. The van der Waals surface area contributed by atoms with Crippen molar-refractivity contribution < 1.29 is 14.6 Å². The summed E-state index contributed by atoms with van der Waals surface area (Å²) in [5.74, 6) is -0.0116. The van der Waals surface area contributed by atoms with Crippen LogP contribution in [0.4, 0.5) is 0 Å². The van der Waals surface area contributed by atoms with Gasteiger partial charge in [0.05, 0.1) is 0 Å². The number of rotatable bonds is 0. The fourth-order valence-corrected chi connectivity index (χ4v) is 0.597. The number of hydrogen-bond acceptors (Lipinski definition) is 3. The molecule has 3 heteroatoms. The largest absolute Gasteiger partial charge is 0.502 e. The van der Waals surface area contributed by atoms with Crippen LogP contribution in [0.2, 0.25) is 0 Å². The molecule has 0 radical (unpaired) electrons. The van der Waals surface area contributed by atoms with Gasteiger partial charge in [0.2, 0.25) is 5.75 Å². The summed E-state index contributed by atoms with van der Waals surface area (Å²) in [7, 11) is 0. The minimum Gasteiger partial charge on any atom is -0.502 e. The Balaban J connectivity index is 3.29. The first kappa shape index (κ1) is 6.01. The van der Waals surface area contributed by atoms with Gasteiger partial charge in [0, 0.05) is 5.56 Å². The Kier molecular flexibility index (Phi) is 1.12. The molecule has 0 fully saturated rings. The molecule has 0 aliphatic carbocycles. The van der Waals surface area contributed by atoms with Gasteiger partial charge in [-0.25, -0.2) is 0 Å². The van der Waals surface area contributed by atoms with Crippen LogP contribution in [-0.4, -0.2) is 10.2 Å². The Labute approximate surface area is 52.5 Å². The lowest BCUT2D eigenvalue weighted by Crippen LogP contribution is -1.67. The highest BCUT2D eigenvalue weighted by atomic mass is 16.5. The predicted molar refractivity (Wildman–Crippen MR) is 31.5 cm³/mol. The SMILES string of the molecule is Cc1oc(O)c(O)c1C. The molecular formula is C6H8O3. The third-order valence-corrected chi connectivity index (χ3v) is 1.34. The summed E-state index contributed by atoms with van der Waals surface area (Å²) >= 11 is 0. The molecule has 0 unspecified atom stereocenters. The van der Waals surface area contributed by atoms with Gasteiger partial charge in [-0.05, 0) is 13.8 Å². The van der Waals surface area contributed by atoms with Crippen molar-refractivity contribution in [2.45, 2.75) is 13.8 Å². The molecule has 2 N–H and O–H groups in total. The van der Waals surface area contributed by atoms with E-state index in [2.05, 4.69) is 4.42 Å². The minimum absolute atomic E-state index is 0.160. The first-order chi connectivity index (χ1) is 4.13. The zero-order chi connectivity index (χ0) is 7.02. The molecule has 0 spiro atoms. The van der Waals surface area contributed by atoms with Gasteiger partial charge in [-0.2, -0.15) is 0 Å². The molecule has 50 valence electrons. The van der Waals surface area contributed by atoms with E-state index < -0.39 is 5.95 Å². The van der Waals surface area contributed by atoms with Crippen molar-refractivity contribution in [3.63, 3.8) is 0 Å². The van der Waals surface area contributed by atoms with Crippen molar-refractivity contribution in [3.8, 4) is 11.7 Å². The summed E-state index contributed by atoms with van der Waals surface area (Å²) < 4.78 is 4.65. The topological polar surface area (TPSA) is 53.6 Å². The first-order valence-corrected chi connectivity index (χ1v) is 2.61. The van der Waals surface area contributed by atoms with E-state index in [1.807, 2.05) is 0 Å². The third kappa shape index (κ3) is 0.740.